The highest BCUT2D eigenvalue weighted by atomic mass is 79.9. The Morgan fingerprint density at radius 1 is 1.44 bits per heavy atom. The fourth-order valence-corrected chi connectivity index (χ4v) is 3.99. The molecule has 0 aromatic carbocycles. The summed E-state index contributed by atoms with van der Waals surface area (Å²) < 4.78 is 21.7. The predicted molar refractivity (Wildman–Crippen MR) is 40.6 cm³/mol. The molecule has 0 spiro atoms. The molecule has 1 aliphatic rings. The van der Waals surface area contributed by atoms with Crippen molar-refractivity contribution in [3.63, 3.8) is 0 Å². The Bertz CT molecular complexity index is 185. The molecule has 0 aliphatic carbocycles. The molecule has 0 aromatic rings. The minimum absolute atomic E-state index is 0.205. The van der Waals surface area contributed by atoms with Gasteiger partial charge in [0.2, 0.25) is 0 Å². The summed E-state index contributed by atoms with van der Waals surface area (Å²) in [6.07, 6.45) is 1.82. The number of rotatable bonds is 0. The number of hydrogen-bond donors (Lipinski definition) is 0. The molecule has 0 aromatic heterocycles. The molecule has 0 N–H and O–H groups in total. The van der Waals surface area contributed by atoms with Crippen LogP contribution in [0, 0.1) is 0 Å². The molecule has 1 aliphatic heterocycles. The minimum atomic E-state index is -2.68. The summed E-state index contributed by atoms with van der Waals surface area (Å²) in [5.41, 5.74) is 0. The fourth-order valence-electron chi connectivity index (χ4n) is 0.967. The lowest BCUT2D eigenvalue weighted by molar-refractivity contribution is 0.578. The van der Waals surface area contributed by atoms with Crippen molar-refractivity contribution in [2.45, 2.75) is 17.7 Å². The Labute approximate surface area is 63.7 Å². The molecule has 1 heterocycles. The highest BCUT2D eigenvalue weighted by Gasteiger charge is 2.21. The summed E-state index contributed by atoms with van der Waals surface area (Å²) in [6.45, 7) is 0. The number of sulfone groups is 1. The van der Waals surface area contributed by atoms with Gasteiger partial charge >= 0.3 is 0 Å². The second kappa shape index (κ2) is 2.58. The van der Waals surface area contributed by atoms with Crippen molar-refractivity contribution in [1.82, 2.24) is 0 Å². The van der Waals surface area contributed by atoms with Gasteiger partial charge in [-0.1, -0.05) is 15.9 Å². The summed E-state index contributed by atoms with van der Waals surface area (Å²) in [7, 11) is -2.68. The molecule has 1 fully saturated rings. The van der Waals surface area contributed by atoms with Crippen molar-refractivity contribution in [3.05, 3.63) is 0 Å². The van der Waals surface area contributed by atoms with Crippen LogP contribution in [0.1, 0.15) is 12.8 Å². The Morgan fingerprint density at radius 2 is 2.11 bits per heavy atom. The molecule has 1 atom stereocenters. The summed E-state index contributed by atoms with van der Waals surface area (Å²) in [4.78, 5) is 0.205. The highest BCUT2D eigenvalue weighted by Crippen LogP contribution is 2.17. The van der Waals surface area contributed by atoms with E-state index in [1.807, 2.05) is 0 Å². The lowest BCUT2D eigenvalue weighted by Crippen LogP contribution is -2.24. The van der Waals surface area contributed by atoms with Crippen molar-refractivity contribution < 1.29 is 8.42 Å². The van der Waals surface area contributed by atoms with E-state index < -0.39 is 9.84 Å². The van der Waals surface area contributed by atoms with Gasteiger partial charge in [-0.2, -0.15) is 0 Å². The van der Waals surface area contributed by atoms with Crippen molar-refractivity contribution in [3.8, 4) is 0 Å². The second-order valence-electron chi connectivity index (χ2n) is 2.35. The summed E-state index contributed by atoms with van der Waals surface area (Å²) in [5, 5.41) is 0. The average molecular weight is 213 g/mol. The minimum Gasteiger partial charge on any atom is -0.229 e. The Morgan fingerprint density at radius 3 is 2.44 bits per heavy atom. The monoisotopic (exact) mass is 212 g/mol. The van der Waals surface area contributed by atoms with E-state index in [1.54, 1.807) is 0 Å². The smallest absolute Gasteiger partial charge is 0.151 e. The molecule has 0 amide bonds. The van der Waals surface area contributed by atoms with Gasteiger partial charge in [-0.3, -0.25) is 0 Å². The van der Waals surface area contributed by atoms with Gasteiger partial charge in [-0.15, -0.1) is 0 Å². The van der Waals surface area contributed by atoms with E-state index in [2.05, 4.69) is 15.9 Å². The maximum Gasteiger partial charge on any atom is 0.151 e. The van der Waals surface area contributed by atoms with E-state index in [9.17, 15) is 8.42 Å². The molecule has 2 nitrogen and oxygen atoms in total. The van der Waals surface area contributed by atoms with Gasteiger partial charge in [0, 0.05) is 4.83 Å². The third-order valence-electron chi connectivity index (χ3n) is 1.41. The molecule has 0 bridgehead atoms. The van der Waals surface area contributed by atoms with Crippen LogP contribution in [0.25, 0.3) is 0 Å². The van der Waals surface area contributed by atoms with Gasteiger partial charge in [0.1, 0.15) is 0 Å². The first-order chi connectivity index (χ1) is 4.10. The van der Waals surface area contributed by atoms with Gasteiger partial charge < -0.3 is 0 Å². The molecular formula is C5H9BrO2S. The van der Waals surface area contributed by atoms with Crippen LogP contribution in [-0.4, -0.2) is 24.8 Å². The van der Waals surface area contributed by atoms with Gasteiger partial charge in [0.15, 0.2) is 9.84 Å². The lowest BCUT2D eigenvalue weighted by Gasteiger charge is -2.15. The Kier molecular flexibility index (Phi) is 2.16. The molecule has 0 unspecified atom stereocenters. The normalized spacial score (nSPS) is 34.1. The van der Waals surface area contributed by atoms with Crippen LogP contribution in [0.3, 0.4) is 0 Å². The number of alkyl halides is 1. The van der Waals surface area contributed by atoms with Crippen molar-refractivity contribution in [1.29, 1.82) is 0 Å². The Hall–Kier alpha value is 0.430. The van der Waals surface area contributed by atoms with Crippen LogP contribution < -0.4 is 0 Å². The van der Waals surface area contributed by atoms with Crippen LogP contribution >= 0.6 is 15.9 Å². The fraction of sp³-hybridized carbons (Fsp3) is 1.00. The summed E-state index contributed by atoms with van der Waals surface area (Å²) in [5.74, 6) is 0.710. The first-order valence-corrected chi connectivity index (χ1v) is 5.68. The van der Waals surface area contributed by atoms with Gasteiger partial charge in [-0.05, 0) is 12.8 Å². The van der Waals surface area contributed by atoms with E-state index in [0.29, 0.717) is 11.5 Å². The van der Waals surface area contributed by atoms with Gasteiger partial charge in [-0.25, -0.2) is 8.42 Å². The van der Waals surface area contributed by atoms with E-state index in [-0.39, 0.29) is 4.83 Å². The van der Waals surface area contributed by atoms with Crippen LogP contribution in [0.5, 0.6) is 0 Å². The number of halogens is 1. The first kappa shape index (κ1) is 7.54. The Balaban J connectivity index is 2.62. The lowest BCUT2D eigenvalue weighted by atomic mass is 10.3. The zero-order valence-corrected chi connectivity index (χ0v) is 7.41. The molecule has 4 heteroatoms. The third-order valence-corrected chi connectivity index (χ3v) is 4.44. The average Bonchev–Trinajstić information content (AvgIpc) is 1.60. The third kappa shape index (κ3) is 2.26. The molecule has 1 rings (SSSR count). The second-order valence-corrected chi connectivity index (χ2v) is 5.88. The van der Waals surface area contributed by atoms with E-state index in [0.717, 1.165) is 12.8 Å². The molecule has 0 radical (unpaired) electrons. The molecular weight excluding hydrogens is 204 g/mol. The van der Waals surface area contributed by atoms with Crippen LogP contribution in [0.2, 0.25) is 0 Å². The number of hydrogen-bond acceptors (Lipinski definition) is 2. The maximum atomic E-state index is 10.8. The quantitative estimate of drug-likeness (QED) is 0.561. The SMILES string of the molecule is O=S1(=O)CCC[C@@H](Br)C1. The first-order valence-electron chi connectivity index (χ1n) is 2.95. The van der Waals surface area contributed by atoms with E-state index >= 15 is 0 Å². The summed E-state index contributed by atoms with van der Waals surface area (Å²) in [6, 6.07) is 0. The van der Waals surface area contributed by atoms with Gasteiger partial charge in [0.05, 0.1) is 11.5 Å². The van der Waals surface area contributed by atoms with Gasteiger partial charge in [0.25, 0.3) is 0 Å². The van der Waals surface area contributed by atoms with Crippen LogP contribution in [0.4, 0.5) is 0 Å². The van der Waals surface area contributed by atoms with Crippen molar-refractivity contribution in [2.24, 2.45) is 0 Å². The standard InChI is InChI=1S/C5H9BrO2S/c6-5-2-1-3-9(7,8)4-5/h5H,1-4H2/t5-/m1/s1. The topological polar surface area (TPSA) is 34.1 Å². The van der Waals surface area contributed by atoms with Crippen LogP contribution in [-0.2, 0) is 9.84 Å². The molecule has 0 saturated carbocycles. The summed E-state index contributed by atoms with van der Waals surface area (Å²) >= 11 is 3.28. The van der Waals surface area contributed by atoms with E-state index in [1.165, 1.54) is 0 Å². The molecule has 1 saturated heterocycles. The largest absolute Gasteiger partial charge is 0.229 e. The van der Waals surface area contributed by atoms with Crippen LogP contribution in [0.15, 0.2) is 0 Å². The highest BCUT2D eigenvalue weighted by molar-refractivity contribution is 9.09. The molecule has 54 valence electrons. The maximum absolute atomic E-state index is 10.8. The zero-order chi connectivity index (χ0) is 6.91. The van der Waals surface area contributed by atoms with Crippen molar-refractivity contribution in [2.75, 3.05) is 11.5 Å². The van der Waals surface area contributed by atoms with E-state index in [4.69, 9.17) is 0 Å². The predicted octanol–water partition coefficient (Wildman–Crippen LogP) is 0.959. The zero-order valence-electron chi connectivity index (χ0n) is 5.01. The molecule has 9 heavy (non-hydrogen) atoms. The van der Waals surface area contributed by atoms with Crippen molar-refractivity contribution >= 4 is 25.8 Å².